The summed E-state index contributed by atoms with van der Waals surface area (Å²) >= 11 is -2.00. The van der Waals surface area contributed by atoms with E-state index in [1.165, 1.54) is 0 Å². The van der Waals surface area contributed by atoms with Crippen LogP contribution in [-0.4, -0.2) is 23.9 Å². The van der Waals surface area contributed by atoms with Gasteiger partial charge in [-0.15, -0.1) is 0 Å². The summed E-state index contributed by atoms with van der Waals surface area (Å²) in [5.74, 6) is 0. The maximum atomic E-state index is 8.50. The maximum absolute atomic E-state index is 8.50. The molecule has 0 rings (SSSR count). The zero-order chi connectivity index (χ0) is 2.71. The van der Waals surface area contributed by atoms with Crippen LogP contribution in [-0.2, 0) is 89.3 Å². The summed E-state index contributed by atoms with van der Waals surface area (Å²) in [7, 11) is 0. The smallest absolute Gasteiger partial charge is 0 e. The normalized spacial score (nSPS) is 1.14. The molecule has 0 saturated heterocycles. The van der Waals surface area contributed by atoms with Crippen LogP contribution in [0.5, 0.6) is 0 Å². The Bertz CT molecular complexity index is 36.7. The van der Waals surface area contributed by atoms with E-state index in [-0.39, 0.29) is 87.5 Å². The van der Waals surface area contributed by atoms with E-state index in [1.54, 1.807) is 0 Å². The minimum atomic E-state index is -2.00. The molecule has 1 radical (unpaired) electrons. The van der Waals surface area contributed by atoms with Crippen molar-refractivity contribution in [2.75, 3.05) is 0 Å². The van der Waals surface area contributed by atoms with Crippen LogP contribution in [0.15, 0.2) is 0 Å². The Morgan fingerprint density at radius 2 is 1.14 bits per heavy atom. The van der Waals surface area contributed by atoms with E-state index in [1.807, 2.05) is 0 Å². The van der Waals surface area contributed by atoms with Gasteiger partial charge in [0.1, 0.15) is 0 Å². The van der Waals surface area contributed by atoms with E-state index >= 15 is 0 Å². The van der Waals surface area contributed by atoms with Crippen LogP contribution in [0.4, 0.5) is 0 Å². The molecule has 0 unspecified atom stereocenters. The third-order valence-electron chi connectivity index (χ3n) is 0. The Labute approximate surface area is 111 Å². The summed E-state index contributed by atoms with van der Waals surface area (Å²) in [6, 6.07) is 0. The van der Waals surface area contributed by atoms with E-state index in [4.69, 9.17) is 6.65 Å². The molecule has 0 aliphatic heterocycles. The van der Waals surface area contributed by atoms with Gasteiger partial charge in [-0.3, -0.25) is 0 Å². The maximum Gasteiger partial charge on any atom is 0 e. The Morgan fingerprint density at radius 3 is 1.14 bits per heavy atom. The van der Waals surface area contributed by atoms with Gasteiger partial charge in [0, 0.05) is 63.6 Å². The van der Waals surface area contributed by atoms with Crippen LogP contribution in [0, 0.1) is 0 Å². The molecule has 2 nitrogen and oxygen atoms in total. The van der Waals surface area contributed by atoms with Crippen molar-refractivity contribution in [3.05, 3.63) is 0 Å². The molecule has 7 heteroatoms. The van der Waals surface area contributed by atoms with E-state index in [0.29, 0.717) is 0 Å². The molecule has 0 N–H and O–H groups in total. The first-order valence-electron chi connectivity index (χ1n) is 0.408. The van der Waals surface area contributed by atoms with Crippen LogP contribution in [0.25, 0.3) is 0 Å². The third kappa shape index (κ3) is 46.7. The number of hydrogen-bond donors (Lipinski definition) is 0. The van der Waals surface area contributed by atoms with Gasteiger partial charge in [0.25, 0.3) is 0 Å². The standard InChI is InChI=1S/Ag.2O.Sn.2Ti.Zn.4H. The topological polar surface area (TPSA) is 34.1 Å². The average molecular weight is 424 g/mol. The summed E-state index contributed by atoms with van der Waals surface area (Å²) < 4.78 is 17.0. The molecule has 0 atom stereocenters. The van der Waals surface area contributed by atoms with Gasteiger partial charge >= 0.3 is 49.6 Å². The molecular formula is H4AgO2SnTi2Zn. The molecule has 0 aromatic carbocycles. The molecule has 0 aromatic rings. The van der Waals surface area contributed by atoms with E-state index < -0.39 is 19.1 Å². The molecule has 0 aliphatic carbocycles. The van der Waals surface area contributed by atoms with E-state index in [2.05, 4.69) is 0 Å². The summed E-state index contributed by atoms with van der Waals surface area (Å²) in [6.07, 6.45) is 0. The van der Waals surface area contributed by atoms with Gasteiger partial charge < -0.3 is 0 Å². The molecule has 0 aliphatic rings. The van der Waals surface area contributed by atoms with Gasteiger partial charge in [-0.1, -0.05) is 0 Å². The van der Waals surface area contributed by atoms with Crippen LogP contribution < -0.4 is 0 Å². The molecule has 0 amide bonds. The van der Waals surface area contributed by atoms with Crippen LogP contribution in [0.2, 0.25) is 0 Å². The summed E-state index contributed by atoms with van der Waals surface area (Å²) in [5.41, 5.74) is 0. The summed E-state index contributed by atoms with van der Waals surface area (Å²) in [5, 5.41) is 0. The van der Waals surface area contributed by atoms with Crippen molar-refractivity contribution in [1.29, 1.82) is 0 Å². The van der Waals surface area contributed by atoms with Crippen molar-refractivity contribution < 1.29 is 89.3 Å². The Morgan fingerprint density at radius 1 is 1.14 bits per heavy atom. The SMILES string of the molecule is [Ag].[O]=[Ti]=[O].[SnH4].[Ti].[Zn]. The largest absolute Gasteiger partial charge is 0 e. The predicted molar refractivity (Wildman–Crippen MR) is 12.7 cm³/mol. The monoisotopic (exact) mass is 423 g/mol. The van der Waals surface area contributed by atoms with Crippen molar-refractivity contribution >= 4 is 23.9 Å². The van der Waals surface area contributed by atoms with Gasteiger partial charge in [0.15, 0.2) is 0 Å². The van der Waals surface area contributed by atoms with Crippen LogP contribution in [0.1, 0.15) is 0 Å². The molecule has 0 saturated carbocycles. The Kier molecular flexibility index (Phi) is 160. The van der Waals surface area contributed by atoms with Crippen molar-refractivity contribution in [3.63, 3.8) is 0 Å². The molecule has 0 fully saturated rings. The number of hydrogen-bond acceptors (Lipinski definition) is 2. The first-order chi connectivity index (χ1) is 1.41. The van der Waals surface area contributed by atoms with Crippen LogP contribution >= 0.6 is 0 Å². The van der Waals surface area contributed by atoms with Gasteiger partial charge in [-0.05, 0) is 0 Å². The van der Waals surface area contributed by atoms with Crippen molar-refractivity contribution in [2.24, 2.45) is 0 Å². The minimum Gasteiger partial charge on any atom is 0 e. The second-order valence-electron chi connectivity index (χ2n) is 0.0833. The fourth-order valence-corrected chi connectivity index (χ4v) is 0. The molecule has 41 valence electrons. The zero-order valence-corrected chi connectivity index (χ0v) is 10.4. The zero-order valence-electron chi connectivity index (χ0n) is 2.83. The summed E-state index contributed by atoms with van der Waals surface area (Å²) in [6.45, 7) is 0. The minimum absolute atomic E-state index is 0. The second kappa shape index (κ2) is 35.1. The van der Waals surface area contributed by atoms with E-state index in [9.17, 15) is 0 Å². The molecule has 7 heavy (non-hydrogen) atoms. The first kappa shape index (κ1) is 31.9. The second-order valence-corrected chi connectivity index (χ2v) is 0.344. The third-order valence-corrected chi connectivity index (χ3v) is 0. The van der Waals surface area contributed by atoms with Gasteiger partial charge in [0.2, 0.25) is 0 Å². The number of rotatable bonds is 0. The molecule has 0 aromatic heterocycles. The van der Waals surface area contributed by atoms with Crippen molar-refractivity contribution in [3.8, 4) is 0 Å². The molecule has 0 bridgehead atoms. The Balaban J connectivity index is -0.00000000333. The summed E-state index contributed by atoms with van der Waals surface area (Å²) in [4.78, 5) is 0. The fraction of sp³-hybridized carbons (Fsp3) is 0. The molecule has 0 spiro atoms. The van der Waals surface area contributed by atoms with Crippen LogP contribution in [0.3, 0.4) is 0 Å². The van der Waals surface area contributed by atoms with Gasteiger partial charge in [-0.2, -0.15) is 0 Å². The first-order valence-corrected chi connectivity index (χ1v) is 1.68. The average Bonchev–Trinajstić information content (AvgIpc) is 0.918. The van der Waals surface area contributed by atoms with Gasteiger partial charge in [-0.25, -0.2) is 0 Å². The molecular weight excluding hydrogens is 420 g/mol. The van der Waals surface area contributed by atoms with E-state index in [0.717, 1.165) is 0 Å². The quantitative estimate of drug-likeness (QED) is 0.436. The Hall–Kier alpha value is 3.19. The van der Waals surface area contributed by atoms with Crippen molar-refractivity contribution in [2.45, 2.75) is 0 Å². The van der Waals surface area contributed by atoms with Crippen molar-refractivity contribution in [1.82, 2.24) is 0 Å². The van der Waals surface area contributed by atoms with Gasteiger partial charge in [0.05, 0.1) is 0 Å². The predicted octanol–water partition coefficient (Wildman–Crippen LogP) is -1.70. The fourth-order valence-electron chi connectivity index (χ4n) is 0. The molecule has 0 heterocycles.